The van der Waals surface area contributed by atoms with E-state index in [2.05, 4.69) is 10.3 Å². The van der Waals surface area contributed by atoms with E-state index in [4.69, 9.17) is 5.11 Å². The van der Waals surface area contributed by atoms with Gasteiger partial charge in [0, 0.05) is 29.1 Å². The van der Waals surface area contributed by atoms with E-state index >= 15 is 0 Å². The Morgan fingerprint density at radius 1 is 1.60 bits per heavy atom. The van der Waals surface area contributed by atoms with Gasteiger partial charge >= 0.3 is 12.0 Å². The molecule has 1 saturated heterocycles. The number of aliphatic carboxylic acids is 1. The minimum Gasteiger partial charge on any atom is -0.481 e. The quantitative estimate of drug-likeness (QED) is 0.881. The van der Waals surface area contributed by atoms with Crippen LogP contribution in [0.5, 0.6) is 0 Å². The number of aryl methyl sites for hydroxylation is 1. The summed E-state index contributed by atoms with van der Waals surface area (Å²) in [7, 11) is 0. The second-order valence-corrected chi connectivity index (χ2v) is 7.01. The van der Waals surface area contributed by atoms with E-state index in [1.165, 1.54) is 0 Å². The SMILES string of the molecule is Cc1cnc(CNC(=O)N2CCSCC2CC(=O)O)s1. The number of carboxylic acid groups (broad SMARTS) is 1. The number of hydrogen-bond donors (Lipinski definition) is 2. The van der Waals surface area contributed by atoms with Gasteiger partial charge in [0.2, 0.25) is 0 Å². The number of hydrogen-bond acceptors (Lipinski definition) is 5. The van der Waals surface area contributed by atoms with Crippen LogP contribution in [-0.2, 0) is 11.3 Å². The number of aromatic nitrogens is 1. The second-order valence-electron chi connectivity index (χ2n) is 4.54. The van der Waals surface area contributed by atoms with E-state index < -0.39 is 5.97 Å². The summed E-state index contributed by atoms with van der Waals surface area (Å²) >= 11 is 3.23. The van der Waals surface area contributed by atoms with E-state index in [0.717, 1.165) is 15.6 Å². The molecule has 6 nitrogen and oxygen atoms in total. The number of urea groups is 1. The molecular weight excluding hydrogens is 298 g/mol. The molecule has 2 rings (SSSR count). The number of amides is 2. The zero-order chi connectivity index (χ0) is 14.5. The smallest absolute Gasteiger partial charge is 0.318 e. The largest absolute Gasteiger partial charge is 0.481 e. The van der Waals surface area contributed by atoms with Crippen LogP contribution in [0.25, 0.3) is 0 Å². The first kappa shape index (κ1) is 15.1. The molecular formula is C12H17N3O3S2. The minimum absolute atomic E-state index is 0.00319. The molecule has 1 aliphatic heterocycles. The molecule has 2 amide bonds. The highest BCUT2D eigenvalue weighted by molar-refractivity contribution is 7.99. The molecule has 1 atom stereocenters. The summed E-state index contributed by atoms with van der Waals surface area (Å²) in [5.41, 5.74) is 0. The van der Waals surface area contributed by atoms with Crippen molar-refractivity contribution in [3.8, 4) is 0 Å². The lowest BCUT2D eigenvalue weighted by atomic mass is 10.2. The Morgan fingerprint density at radius 2 is 2.40 bits per heavy atom. The Bertz CT molecular complexity index is 492. The molecule has 1 aromatic rings. The van der Waals surface area contributed by atoms with Crippen molar-refractivity contribution in [3.05, 3.63) is 16.1 Å². The predicted octanol–water partition coefficient (Wildman–Crippen LogP) is 1.55. The topological polar surface area (TPSA) is 82.5 Å². The summed E-state index contributed by atoms with van der Waals surface area (Å²) in [6.07, 6.45) is 1.77. The predicted molar refractivity (Wildman–Crippen MR) is 79.2 cm³/mol. The molecule has 0 saturated carbocycles. The zero-order valence-corrected chi connectivity index (χ0v) is 12.8. The van der Waals surface area contributed by atoms with E-state index in [1.54, 1.807) is 34.2 Å². The van der Waals surface area contributed by atoms with Gasteiger partial charge in [-0.05, 0) is 6.92 Å². The first-order chi connectivity index (χ1) is 9.56. The third kappa shape index (κ3) is 4.11. The summed E-state index contributed by atoms with van der Waals surface area (Å²) < 4.78 is 0. The second kappa shape index (κ2) is 6.94. The highest BCUT2D eigenvalue weighted by Crippen LogP contribution is 2.19. The van der Waals surface area contributed by atoms with Gasteiger partial charge in [-0.25, -0.2) is 9.78 Å². The van der Waals surface area contributed by atoms with Crippen LogP contribution in [-0.4, -0.2) is 51.1 Å². The van der Waals surface area contributed by atoms with Crippen molar-refractivity contribution in [3.63, 3.8) is 0 Å². The average molecular weight is 315 g/mol. The fourth-order valence-electron chi connectivity index (χ4n) is 2.03. The number of nitrogens with one attached hydrogen (secondary N) is 1. The van der Waals surface area contributed by atoms with Gasteiger partial charge in [0.1, 0.15) is 5.01 Å². The molecule has 2 N–H and O–H groups in total. The monoisotopic (exact) mass is 315 g/mol. The van der Waals surface area contributed by atoms with Gasteiger partial charge in [-0.1, -0.05) is 0 Å². The van der Waals surface area contributed by atoms with Crippen molar-refractivity contribution < 1.29 is 14.7 Å². The van der Waals surface area contributed by atoms with Crippen molar-refractivity contribution >= 4 is 35.1 Å². The third-order valence-electron chi connectivity index (χ3n) is 2.96. The first-order valence-corrected chi connectivity index (χ1v) is 8.28. The average Bonchev–Trinajstić information content (AvgIpc) is 2.82. The minimum atomic E-state index is -0.870. The zero-order valence-electron chi connectivity index (χ0n) is 11.2. The van der Waals surface area contributed by atoms with Gasteiger partial charge in [0.05, 0.1) is 19.0 Å². The summed E-state index contributed by atoms with van der Waals surface area (Å²) in [4.78, 5) is 29.9. The molecule has 0 radical (unpaired) electrons. The van der Waals surface area contributed by atoms with Crippen LogP contribution in [0.2, 0.25) is 0 Å². The molecule has 20 heavy (non-hydrogen) atoms. The van der Waals surface area contributed by atoms with Crippen molar-refractivity contribution in [2.75, 3.05) is 18.1 Å². The highest BCUT2D eigenvalue weighted by Gasteiger charge is 2.28. The first-order valence-electron chi connectivity index (χ1n) is 6.31. The number of carbonyl (C=O) groups is 2. The standard InChI is InChI=1S/C12H17N3O3S2/c1-8-5-13-10(20-8)6-14-12(18)15-2-3-19-7-9(15)4-11(16)17/h5,9H,2-4,6-7H2,1H3,(H,14,18)(H,16,17). The number of nitrogens with zero attached hydrogens (tertiary/aromatic N) is 2. The van der Waals surface area contributed by atoms with Crippen LogP contribution < -0.4 is 5.32 Å². The van der Waals surface area contributed by atoms with Crippen molar-refractivity contribution in [1.29, 1.82) is 0 Å². The number of carbonyl (C=O) groups excluding carboxylic acids is 1. The Balaban J connectivity index is 1.90. The lowest BCUT2D eigenvalue weighted by molar-refractivity contribution is -0.137. The molecule has 8 heteroatoms. The van der Waals surface area contributed by atoms with E-state index in [1.807, 2.05) is 6.92 Å². The maximum atomic E-state index is 12.2. The Morgan fingerprint density at radius 3 is 3.05 bits per heavy atom. The van der Waals surface area contributed by atoms with Gasteiger partial charge in [-0.2, -0.15) is 11.8 Å². The molecule has 0 bridgehead atoms. The molecule has 1 fully saturated rings. The Hall–Kier alpha value is -1.28. The van der Waals surface area contributed by atoms with Crippen LogP contribution in [0.1, 0.15) is 16.3 Å². The highest BCUT2D eigenvalue weighted by atomic mass is 32.2. The van der Waals surface area contributed by atoms with Gasteiger partial charge in [-0.15, -0.1) is 11.3 Å². The van der Waals surface area contributed by atoms with Gasteiger partial charge in [-0.3, -0.25) is 4.79 Å². The molecule has 1 aliphatic rings. The van der Waals surface area contributed by atoms with Crippen LogP contribution in [0.3, 0.4) is 0 Å². The van der Waals surface area contributed by atoms with Crippen LogP contribution in [0.4, 0.5) is 4.79 Å². The Kier molecular flexibility index (Phi) is 5.24. The molecule has 1 aromatic heterocycles. The molecule has 2 heterocycles. The molecule has 1 unspecified atom stereocenters. The summed E-state index contributed by atoms with van der Waals surface area (Å²) in [6, 6.07) is -0.436. The van der Waals surface area contributed by atoms with E-state index in [0.29, 0.717) is 18.8 Å². The summed E-state index contributed by atoms with van der Waals surface area (Å²) in [6.45, 7) is 2.94. The molecule has 0 spiro atoms. The van der Waals surface area contributed by atoms with Crippen molar-refractivity contribution in [2.24, 2.45) is 0 Å². The van der Waals surface area contributed by atoms with Crippen molar-refractivity contribution in [1.82, 2.24) is 15.2 Å². The maximum Gasteiger partial charge on any atom is 0.318 e. The van der Waals surface area contributed by atoms with Gasteiger partial charge < -0.3 is 15.3 Å². The molecule has 0 aliphatic carbocycles. The Labute approximate surface area is 125 Å². The third-order valence-corrected chi connectivity index (χ3v) is 4.96. The van der Waals surface area contributed by atoms with E-state index in [-0.39, 0.29) is 18.5 Å². The fraction of sp³-hybridized carbons (Fsp3) is 0.583. The van der Waals surface area contributed by atoms with Gasteiger partial charge in [0.25, 0.3) is 0 Å². The normalized spacial score (nSPS) is 18.9. The number of thioether (sulfide) groups is 1. The van der Waals surface area contributed by atoms with E-state index in [9.17, 15) is 9.59 Å². The lowest BCUT2D eigenvalue weighted by Crippen LogP contribution is -2.51. The molecule has 110 valence electrons. The van der Waals surface area contributed by atoms with Crippen LogP contribution in [0, 0.1) is 6.92 Å². The van der Waals surface area contributed by atoms with Gasteiger partial charge in [0.15, 0.2) is 0 Å². The number of rotatable bonds is 4. The summed E-state index contributed by atoms with van der Waals surface area (Å²) in [5.74, 6) is 0.654. The number of thiazole rings is 1. The lowest BCUT2D eigenvalue weighted by Gasteiger charge is -2.34. The molecule has 0 aromatic carbocycles. The van der Waals surface area contributed by atoms with Crippen molar-refractivity contribution in [2.45, 2.75) is 25.9 Å². The fourth-order valence-corrected chi connectivity index (χ4v) is 3.82. The van der Waals surface area contributed by atoms with Crippen LogP contribution in [0.15, 0.2) is 6.20 Å². The maximum absolute atomic E-state index is 12.2. The summed E-state index contributed by atoms with van der Waals surface area (Å²) in [5, 5.41) is 12.6. The van der Waals surface area contributed by atoms with Crippen LogP contribution >= 0.6 is 23.1 Å². The number of carboxylic acids is 1.